The molecular formula is C26H44O12. The minimum atomic E-state index is -1.06. The third-order valence-electron chi connectivity index (χ3n) is 4.54. The van der Waals surface area contributed by atoms with Crippen LogP contribution in [0, 0.1) is 0 Å². The Bertz CT molecular complexity index is 650. The highest BCUT2D eigenvalue weighted by molar-refractivity contribution is 5.91. The fraction of sp³-hybridized carbons (Fsp3) is 0.615. The molecule has 12 nitrogen and oxygen atoms in total. The number of aliphatic hydroxyl groups is 4. The number of carboxylic acids is 4. The summed E-state index contributed by atoms with van der Waals surface area (Å²) >= 11 is 0. The lowest BCUT2D eigenvalue weighted by Gasteiger charge is -1.98. The van der Waals surface area contributed by atoms with Gasteiger partial charge in [0.1, 0.15) is 0 Å². The van der Waals surface area contributed by atoms with Crippen molar-refractivity contribution in [1.82, 2.24) is 0 Å². The van der Waals surface area contributed by atoms with Crippen LogP contribution in [0.5, 0.6) is 0 Å². The van der Waals surface area contributed by atoms with Gasteiger partial charge in [-0.25, -0.2) is 9.59 Å². The molecule has 0 saturated carbocycles. The van der Waals surface area contributed by atoms with Gasteiger partial charge in [0.15, 0.2) is 0 Å². The van der Waals surface area contributed by atoms with E-state index >= 15 is 0 Å². The molecule has 0 fully saturated rings. The number of aliphatic hydroxyl groups excluding tert-OH is 4. The van der Waals surface area contributed by atoms with Gasteiger partial charge in [-0.15, -0.1) is 0 Å². The molecule has 12 heteroatoms. The van der Waals surface area contributed by atoms with Gasteiger partial charge in [0.05, 0.1) is 11.1 Å². The Morgan fingerprint density at radius 2 is 0.658 bits per heavy atom. The zero-order valence-corrected chi connectivity index (χ0v) is 21.8. The second-order valence-electron chi connectivity index (χ2n) is 7.91. The van der Waals surface area contributed by atoms with Crippen LogP contribution in [-0.2, 0) is 9.59 Å². The molecule has 0 radical (unpaired) electrons. The quantitative estimate of drug-likeness (QED) is 0.131. The third-order valence-corrected chi connectivity index (χ3v) is 4.54. The number of carboxylic acid groups (broad SMARTS) is 4. The normalized spacial score (nSPS) is 9.47. The summed E-state index contributed by atoms with van der Waals surface area (Å²) in [5, 5.41) is 66.0. The molecule has 220 valence electrons. The standard InChI is InChI=1S/C10H18O4.C8H6O4.2C4H10O2/c11-9(12)7-5-3-1-2-4-6-8-10(13)14;9-7(10)5-1-2-6(4-3-5)8(11)12;2*5-3-1-2-4-6/h1-8H2,(H,11,12)(H,13,14);1-4H,(H,9,10)(H,11,12);2*5-6H,1-4H2. The summed E-state index contributed by atoms with van der Waals surface area (Å²) in [5.74, 6) is -3.61. The van der Waals surface area contributed by atoms with Gasteiger partial charge in [0.2, 0.25) is 0 Å². The Kier molecular flexibility index (Phi) is 31.3. The summed E-state index contributed by atoms with van der Waals surface area (Å²) in [7, 11) is 0. The molecule has 0 aliphatic carbocycles. The molecule has 0 aliphatic rings. The van der Waals surface area contributed by atoms with Crippen molar-refractivity contribution in [2.75, 3.05) is 26.4 Å². The summed E-state index contributed by atoms with van der Waals surface area (Å²) in [4.78, 5) is 41.0. The molecule has 0 spiro atoms. The van der Waals surface area contributed by atoms with Gasteiger partial charge in [-0.05, 0) is 62.8 Å². The van der Waals surface area contributed by atoms with Crippen LogP contribution < -0.4 is 0 Å². The number of benzene rings is 1. The number of hydrogen-bond donors (Lipinski definition) is 8. The molecule has 0 amide bonds. The smallest absolute Gasteiger partial charge is 0.335 e. The van der Waals surface area contributed by atoms with E-state index in [0.29, 0.717) is 0 Å². The first-order valence-corrected chi connectivity index (χ1v) is 12.5. The van der Waals surface area contributed by atoms with Crippen LogP contribution in [0.3, 0.4) is 0 Å². The Balaban J connectivity index is -0.000000460. The average molecular weight is 549 g/mol. The fourth-order valence-electron chi connectivity index (χ4n) is 2.46. The SMILES string of the molecule is O=C(O)CCCCCCCCC(=O)O.O=C(O)c1ccc(C(=O)O)cc1.OCCCCO.OCCCCO. The Morgan fingerprint density at radius 3 is 0.842 bits per heavy atom. The van der Waals surface area contributed by atoms with Crippen molar-refractivity contribution in [3.63, 3.8) is 0 Å². The summed E-state index contributed by atoms with van der Waals surface area (Å²) in [6.45, 7) is 0.780. The van der Waals surface area contributed by atoms with Crippen molar-refractivity contribution in [2.45, 2.75) is 77.0 Å². The predicted octanol–water partition coefficient (Wildman–Crippen LogP) is 2.86. The van der Waals surface area contributed by atoms with Crippen LogP contribution in [0.4, 0.5) is 0 Å². The maximum Gasteiger partial charge on any atom is 0.335 e. The molecule has 1 aromatic rings. The van der Waals surface area contributed by atoms with Crippen molar-refractivity contribution in [3.05, 3.63) is 35.4 Å². The van der Waals surface area contributed by atoms with E-state index in [9.17, 15) is 19.2 Å². The molecule has 0 bridgehead atoms. The largest absolute Gasteiger partial charge is 0.481 e. The molecule has 8 N–H and O–H groups in total. The minimum Gasteiger partial charge on any atom is -0.481 e. The molecule has 0 atom stereocenters. The third kappa shape index (κ3) is 32.9. The minimum absolute atomic E-state index is 0.0833. The van der Waals surface area contributed by atoms with Gasteiger partial charge in [0, 0.05) is 39.3 Å². The monoisotopic (exact) mass is 548 g/mol. The number of aromatic carboxylic acids is 2. The molecule has 0 aliphatic heterocycles. The molecule has 0 saturated heterocycles. The molecule has 1 rings (SSSR count). The summed E-state index contributed by atoms with van der Waals surface area (Å²) < 4.78 is 0. The van der Waals surface area contributed by atoms with Crippen molar-refractivity contribution < 1.29 is 60.0 Å². The van der Waals surface area contributed by atoms with Gasteiger partial charge in [0.25, 0.3) is 0 Å². The number of carbonyl (C=O) groups is 4. The van der Waals surface area contributed by atoms with Crippen LogP contribution in [0.1, 0.15) is 97.8 Å². The van der Waals surface area contributed by atoms with Gasteiger partial charge in [-0.1, -0.05) is 25.7 Å². The molecule has 0 heterocycles. The first kappa shape index (κ1) is 39.5. The van der Waals surface area contributed by atoms with Gasteiger partial charge in [-0.3, -0.25) is 9.59 Å². The van der Waals surface area contributed by atoms with Crippen molar-refractivity contribution in [1.29, 1.82) is 0 Å². The second kappa shape index (κ2) is 30.2. The highest BCUT2D eigenvalue weighted by atomic mass is 16.4. The lowest BCUT2D eigenvalue weighted by atomic mass is 10.1. The van der Waals surface area contributed by atoms with E-state index in [0.717, 1.165) is 64.2 Å². The van der Waals surface area contributed by atoms with E-state index in [4.69, 9.17) is 40.9 Å². The Morgan fingerprint density at radius 1 is 0.421 bits per heavy atom. The number of aliphatic carboxylic acids is 2. The molecule has 1 aromatic carbocycles. The van der Waals surface area contributed by atoms with E-state index in [-0.39, 0.29) is 50.4 Å². The fourth-order valence-corrected chi connectivity index (χ4v) is 2.46. The second-order valence-corrected chi connectivity index (χ2v) is 7.91. The van der Waals surface area contributed by atoms with E-state index < -0.39 is 23.9 Å². The highest BCUT2D eigenvalue weighted by Gasteiger charge is 2.05. The lowest BCUT2D eigenvalue weighted by Crippen LogP contribution is -1.99. The first-order chi connectivity index (χ1) is 18.1. The predicted molar refractivity (Wildman–Crippen MR) is 139 cm³/mol. The molecule has 0 aromatic heterocycles. The first-order valence-electron chi connectivity index (χ1n) is 12.5. The summed E-state index contributed by atoms with van der Waals surface area (Å²) in [6.07, 6.45) is 8.70. The van der Waals surface area contributed by atoms with Gasteiger partial charge >= 0.3 is 23.9 Å². The van der Waals surface area contributed by atoms with Crippen LogP contribution in [-0.4, -0.2) is 91.2 Å². The summed E-state index contributed by atoms with van der Waals surface area (Å²) in [6, 6.07) is 5.02. The number of hydrogen-bond acceptors (Lipinski definition) is 8. The zero-order valence-electron chi connectivity index (χ0n) is 21.8. The van der Waals surface area contributed by atoms with E-state index in [1.165, 1.54) is 24.3 Å². The van der Waals surface area contributed by atoms with Gasteiger partial charge < -0.3 is 40.9 Å². The molecular weight excluding hydrogens is 504 g/mol. The molecule has 0 unspecified atom stereocenters. The van der Waals surface area contributed by atoms with Crippen LogP contribution >= 0.6 is 0 Å². The topological polar surface area (TPSA) is 230 Å². The van der Waals surface area contributed by atoms with Crippen LogP contribution in [0.2, 0.25) is 0 Å². The zero-order chi connectivity index (χ0) is 29.6. The Hall–Kier alpha value is -3.06. The van der Waals surface area contributed by atoms with E-state index in [2.05, 4.69) is 0 Å². The van der Waals surface area contributed by atoms with Crippen molar-refractivity contribution in [3.8, 4) is 0 Å². The summed E-state index contributed by atoms with van der Waals surface area (Å²) in [5.41, 5.74) is 0.167. The Labute approximate surface area is 223 Å². The van der Waals surface area contributed by atoms with E-state index in [1.807, 2.05) is 0 Å². The van der Waals surface area contributed by atoms with Crippen LogP contribution in [0.25, 0.3) is 0 Å². The lowest BCUT2D eigenvalue weighted by molar-refractivity contribution is -0.138. The van der Waals surface area contributed by atoms with Crippen molar-refractivity contribution in [2.24, 2.45) is 0 Å². The van der Waals surface area contributed by atoms with E-state index in [1.54, 1.807) is 0 Å². The molecule has 38 heavy (non-hydrogen) atoms. The van der Waals surface area contributed by atoms with Gasteiger partial charge in [-0.2, -0.15) is 0 Å². The maximum absolute atomic E-state index is 10.3. The van der Waals surface area contributed by atoms with Crippen molar-refractivity contribution >= 4 is 23.9 Å². The average Bonchev–Trinajstić information content (AvgIpc) is 2.88. The maximum atomic E-state index is 10.3. The number of rotatable bonds is 17. The van der Waals surface area contributed by atoms with Crippen LogP contribution in [0.15, 0.2) is 24.3 Å². The number of unbranched alkanes of at least 4 members (excludes halogenated alkanes) is 7. The highest BCUT2D eigenvalue weighted by Crippen LogP contribution is 2.08.